The number of anilines is 2. The zero-order chi connectivity index (χ0) is 29.2. The van der Waals surface area contributed by atoms with Crippen molar-refractivity contribution < 1.29 is 37.5 Å². The van der Waals surface area contributed by atoms with E-state index in [0.29, 0.717) is 46.2 Å². The second-order valence-electron chi connectivity index (χ2n) is 9.41. The first-order chi connectivity index (χ1) is 19.9. The number of carbonyl (C=O) groups excluding carboxylic acids is 4. The molecule has 0 aliphatic heterocycles. The van der Waals surface area contributed by atoms with Gasteiger partial charge < -0.3 is 28.9 Å². The average molecular weight is 563 g/mol. The number of nitrogens with one attached hydrogen (secondary N) is 2. The van der Waals surface area contributed by atoms with E-state index in [1.54, 1.807) is 62.4 Å². The van der Waals surface area contributed by atoms with Crippen molar-refractivity contribution in [1.82, 2.24) is 0 Å². The second kappa shape index (κ2) is 14.2. The molecule has 2 aromatic heterocycles. The Kier molecular flexibility index (Phi) is 10.1. The minimum atomic E-state index is -0.624. The van der Waals surface area contributed by atoms with Crippen LogP contribution in [0.3, 0.4) is 0 Å². The summed E-state index contributed by atoms with van der Waals surface area (Å²) in [6, 6.07) is 14.2. The minimum Gasteiger partial charge on any atom is -0.460 e. The first kappa shape index (κ1) is 29.4. The molecule has 0 aliphatic rings. The van der Waals surface area contributed by atoms with Gasteiger partial charge in [-0.3, -0.25) is 9.59 Å². The fourth-order valence-corrected chi connectivity index (χ4v) is 4.53. The number of esters is 2. The Balaban J connectivity index is 1.20. The first-order valence-corrected chi connectivity index (χ1v) is 13.9. The molecule has 2 aromatic carbocycles. The number of para-hydroxylation sites is 2. The predicted molar refractivity (Wildman–Crippen MR) is 154 cm³/mol. The quantitative estimate of drug-likeness (QED) is 0.126. The average Bonchev–Trinajstić information content (AvgIpc) is 3.51. The molecule has 0 spiro atoms. The van der Waals surface area contributed by atoms with E-state index in [-0.39, 0.29) is 49.4 Å². The van der Waals surface area contributed by atoms with Crippen LogP contribution in [-0.2, 0) is 19.1 Å². The topological polar surface area (TPSA) is 137 Å². The first-order valence-electron chi connectivity index (χ1n) is 13.9. The summed E-state index contributed by atoms with van der Waals surface area (Å²) in [5.74, 6) is -1.71. The highest BCUT2D eigenvalue weighted by molar-refractivity contribution is 6.10. The molecule has 10 heteroatoms. The Morgan fingerprint density at radius 3 is 1.41 bits per heavy atom. The molecule has 4 aromatic rings. The Morgan fingerprint density at radius 1 is 0.610 bits per heavy atom. The summed E-state index contributed by atoms with van der Waals surface area (Å²) >= 11 is 0. The van der Waals surface area contributed by atoms with Gasteiger partial charge in [-0.05, 0) is 51.0 Å². The van der Waals surface area contributed by atoms with Crippen LogP contribution in [0.15, 0.2) is 57.4 Å². The van der Waals surface area contributed by atoms with Gasteiger partial charge in [-0.1, -0.05) is 43.5 Å². The lowest BCUT2D eigenvalue weighted by molar-refractivity contribution is -0.117. The lowest BCUT2D eigenvalue weighted by Crippen LogP contribution is -2.14. The van der Waals surface area contributed by atoms with E-state index in [0.717, 1.165) is 19.3 Å². The van der Waals surface area contributed by atoms with Gasteiger partial charge in [0.2, 0.25) is 23.3 Å². The molecular formula is C31H34N2O8. The number of hydrogen-bond donors (Lipinski definition) is 2. The number of fused-ring (bicyclic) bond motifs is 2. The molecule has 0 bridgehead atoms. The molecule has 0 saturated carbocycles. The molecule has 0 saturated heterocycles. The number of unbranched alkanes of at least 4 members (excludes halogenated alkanes) is 4. The van der Waals surface area contributed by atoms with Crippen molar-refractivity contribution in [2.75, 3.05) is 23.8 Å². The van der Waals surface area contributed by atoms with Gasteiger partial charge in [0.15, 0.2) is 0 Å². The summed E-state index contributed by atoms with van der Waals surface area (Å²) in [5, 5.41) is 6.91. The van der Waals surface area contributed by atoms with E-state index in [9.17, 15) is 19.2 Å². The van der Waals surface area contributed by atoms with Gasteiger partial charge in [0, 0.05) is 23.6 Å². The van der Waals surface area contributed by atoms with Crippen LogP contribution in [0.1, 0.15) is 79.9 Å². The van der Waals surface area contributed by atoms with E-state index >= 15 is 0 Å². The van der Waals surface area contributed by atoms with Crippen molar-refractivity contribution in [3.05, 3.63) is 60.1 Å². The Morgan fingerprint density at radius 2 is 1.00 bits per heavy atom. The molecule has 2 amide bonds. The van der Waals surface area contributed by atoms with Crippen LogP contribution in [0.5, 0.6) is 0 Å². The summed E-state index contributed by atoms with van der Waals surface area (Å²) < 4.78 is 21.4. The molecule has 4 rings (SSSR count). The van der Waals surface area contributed by atoms with Crippen LogP contribution in [0.4, 0.5) is 11.4 Å². The maximum absolute atomic E-state index is 12.6. The predicted octanol–water partition coefficient (Wildman–Crippen LogP) is 6.84. The molecule has 2 heterocycles. The summed E-state index contributed by atoms with van der Waals surface area (Å²) in [6.45, 7) is 3.79. The number of hydrogen-bond acceptors (Lipinski definition) is 8. The Hall–Kier alpha value is -4.60. The molecule has 10 nitrogen and oxygen atoms in total. The fourth-order valence-electron chi connectivity index (χ4n) is 4.53. The molecule has 0 unspecified atom stereocenters. The highest BCUT2D eigenvalue weighted by atomic mass is 16.5. The van der Waals surface area contributed by atoms with Crippen LogP contribution in [-0.4, -0.2) is 37.0 Å². The van der Waals surface area contributed by atoms with E-state index in [1.165, 1.54) is 0 Å². The molecule has 0 aliphatic carbocycles. The summed E-state index contributed by atoms with van der Waals surface area (Å²) in [4.78, 5) is 49.9. The van der Waals surface area contributed by atoms with Crippen LogP contribution in [0.2, 0.25) is 0 Å². The molecule has 216 valence electrons. The highest BCUT2D eigenvalue weighted by Gasteiger charge is 2.24. The van der Waals surface area contributed by atoms with E-state index in [1.807, 2.05) is 0 Å². The number of rotatable bonds is 14. The largest absolute Gasteiger partial charge is 0.460 e. The van der Waals surface area contributed by atoms with Crippen molar-refractivity contribution in [3.63, 3.8) is 0 Å². The van der Waals surface area contributed by atoms with E-state index in [4.69, 9.17) is 18.3 Å². The van der Waals surface area contributed by atoms with Crippen LogP contribution < -0.4 is 10.6 Å². The van der Waals surface area contributed by atoms with Gasteiger partial charge in [-0.25, -0.2) is 9.59 Å². The molecule has 2 N–H and O–H groups in total. The minimum absolute atomic E-state index is 0.0162. The van der Waals surface area contributed by atoms with Crippen molar-refractivity contribution in [1.29, 1.82) is 0 Å². The van der Waals surface area contributed by atoms with Gasteiger partial charge in [0.25, 0.3) is 0 Å². The van der Waals surface area contributed by atoms with E-state index < -0.39 is 11.9 Å². The maximum Gasteiger partial charge on any atom is 0.376 e. The zero-order valence-electron chi connectivity index (χ0n) is 23.2. The van der Waals surface area contributed by atoms with Gasteiger partial charge >= 0.3 is 11.9 Å². The van der Waals surface area contributed by atoms with Crippen molar-refractivity contribution in [2.45, 2.75) is 58.8 Å². The second-order valence-corrected chi connectivity index (χ2v) is 9.41. The zero-order valence-corrected chi connectivity index (χ0v) is 23.2. The van der Waals surface area contributed by atoms with E-state index in [2.05, 4.69) is 10.6 Å². The van der Waals surface area contributed by atoms with Crippen molar-refractivity contribution in [3.8, 4) is 0 Å². The highest BCUT2D eigenvalue weighted by Crippen LogP contribution is 2.33. The standard InChI is InChI=1S/C31H34N2O8/c1-3-38-30(36)28-26(20-14-10-12-16-22(20)40-28)32-24(34)18-8-6-5-7-9-19-25(35)33-27-21-15-11-13-17-23(21)41-29(27)31(37)39-4-2/h10-17H,3-9,18-19H2,1-2H3,(H,32,34)(H,33,35). The normalized spacial score (nSPS) is 11.0. The van der Waals surface area contributed by atoms with Crippen molar-refractivity contribution >= 4 is 57.1 Å². The van der Waals surface area contributed by atoms with Gasteiger partial charge in [-0.2, -0.15) is 0 Å². The molecule has 41 heavy (non-hydrogen) atoms. The number of benzene rings is 2. The fraction of sp³-hybridized carbons (Fsp3) is 0.355. The molecular weight excluding hydrogens is 528 g/mol. The lowest BCUT2D eigenvalue weighted by atomic mass is 10.1. The number of carbonyl (C=O) groups is 4. The van der Waals surface area contributed by atoms with Crippen LogP contribution in [0, 0.1) is 0 Å². The lowest BCUT2D eigenvalue weighted by Gasteiger charge is -2.07. The third-order valence-corrected chi connectivity index (χ3v) is 6.45. The maximum atomic E-state index is 12.6. The Bertz CT molecular complexity index is 1420. The third-order valence-electron chi connectivity index (χ3n) is 6.45. The van der Waals surface area contributed by atoms with Crippen molar-refractivity contribution in [2.24, 2.45) is 0 Å². The van der Waals surface area contributed by atoms with Gasteiger partial charge in [0.05, 0.1) is 13.2 Å². The molecule has 0 fully saturated rings. The van der Waals surface area contributed by atoms with Crippen LogP contribution in [0.25, 0.3) is 21.9 Å². The molecule has 0 atom stereocenters. The van der Waals surface area contributed by atoms with Gasteiger partial charge in [-0.15, -0.1) is 0 Å². The monoisotopic (exact) mass is 562 g/mol. The summed E-state index contributed by atoms with van der Waals surface area (Å²) in [6.07, 6.45) is 4.36. The number of amides is 2. The SMILES string of the molecule is CCOC(=O)c1oc2ccccc2c1NC(=O)CCCCCCCC(=O)Nc1c(C(=O)OCC)oc2ccccc12. The van der Waals surface area contributed by atoms with Crippen LogP contribution >= 0.6 is 0 Å². The summed E-state index contributed by atoms with van der Waals surface area (Å²) in [7, 11) is 0. The van der Waals surface area contributed by atoms with Gasteiger partial charge in [0.1, 0.15) is 22.5 Å². The Labute approximate surface area is 237 Å². The number of ether oxygens (including phenoxy) is 2. The third kappa shape index (κ3) is 7.33. The summed E-state index contributed by atoms with van der Waals surface area (Å²) in [5.41, 5.74) is 1.64. The number of furan rings is 2. The molecule has 0 radical (unpaired) electrons. The smallest absolute Gasteiger partial charge is 0.376 e.